The molecule has 0 saturated carbocycles. The molecule has 0 bridgehead atoms. The van der Waals surface area contributed by atoms with Crippen LogP contribution in [0.25, 0.3) is 0 Å². The summed E-state index contributed by atoms with van der Waals surface area (Å²) in [6.45, 7) is 2.79. The van der Waals surface area contributed by atoms with Crippen molar-refractivity contribution in [2.45, 2.75) is 88.6 Å². The van der Waals surface area contributed by atoms with Gasteiger partial charge in [0.1, 0.15) is 70.7 Å². The number of aromatic hydroxyl groups is 6. The Kier molecular flexibility index (Phi) is 20.6. The molecule has 0 heterocycles. The number of nitrogens with one attached hydrogen (secondary N) is 6. The number of amides is 6. The Labute approximate surface area is 449 Å². The van der Waals surface area contributed by atoms with Crippen molar-refractivity contribution in [3.63, 3.8) is 0 Å². The third-order valence-electron chi connectivity index (χ3n) is 12.4. The van der Waals surface area contributed by atoms with Crippen LogP contribution in [0.4, 0.5) is 0 Å². The second kappa shape index (κ2) is 27.8. The van der Waals surface area contributed by atoms with Crippen LogP contribution in [0.2, 0.25) is 0 Å². The van der Waals surface area contributed by atoms with Gasteiger partial charge < -0.3 is 67.3 Å². The highest BCUT2D eigenvalue weighted by atomic mass is 16.5. The number of hydrogen-bond donors (Lipinski definition) is 12. The van der Waals surface area contributed by atoms with Gasteiger partial charge in [-0.15, -0.1) is 0 Å². The van der Waals surface area contributed by atoms with Gasteiger partial charge in [-0.25, -0.2) is 4.79 Å². The summed E-state index contributed by atoms with van der Waals surface area (Å²) in [5, 5.41) is 76.2. The molecule has 0 aliphatic rings. The van der Waals surface area contributed by atoms with E-state index in [4.69, 9.17) is 4.74 Å². The summed E-state index contributed by atoms with van der Waals surface area (Å²) < 4.78 is 5.29. The fourth-order valence-electron chi connectivity index (χ4n) is 8.30. The SMILES string of the molecule is CCOC(=O)[C@H](Cc1ccc(O)cc1)NC(=O)[C@H](Cc1ccc(O)cc1)NC(=O)[C@H](Cc1ccc(O)cc1)NC(=O)[C@H](Cc1ccc(O)cc1)NC(=O)[C@H](Cc1ccc(O)cc1)NC(=O)[C@H](Cc1ccc(O)cc1)NC(C)=O. The maximum absolute atomic E-state index is 14.9. The van der Waals surface area contributed by atoms with Gasteiger partial charge in [-0.3, -0.25) is 28.8 Å². The first-order valence-electron chi connectivity index (χ1n) is 24.9. The third-order valence-corrected chi connectivity index (χ3v) is 12.4. The first-order chi connectivity index (χ1) is 37.3. The van der Waals surface area contributed by atoms with Gasteiger partial charge in [-0.2, -0.15) is 0 Å². The van der Waals surface area contributed by atoms with E-state index in [1.54, 1.807) is 31.2 Å². The first-order valence-corrected chi connectivity index (χ1v) is 24.9. The Morgan fingerprint density at radius 3 is 0.692 bits per heavy atom. The van der Waals surface area contributed by atoms with E-state index in [2.05, 4.69) is 31.9 Å². The number of rotatable bonds is 25. The highest BCUT2D eigenvalue weighted by Gasteiger charge is 2.34. The van der Waals surface area contributed by atoms with Crippen molar-refractivity contribution in [1.29, 1.82) is 0 Å². The van der Waals surface area contributed by atoms with Crippen LogP contribution in [0.15, 0.2) is 146 Å². The van der Waals surface area contributed by atoms with Crippen LogP contribution in [0.3, 0.4) is 0 Å². The fourth-order valence-corrected chi connectivity index (χ4v) is 8.30. The van der Waals surface area contributed by atoms with E-state index in [1.807, 2.05) is 0 Å². The molecule has 0 aliphatic carbocycles. The second-order valence-corrected chi connectivity index (χ2v) is 18.5. The topological polar surface area (TPSA) is 322 Å². The maximum atomic E-state index is 14.9. The molecule has 0 spiro atoms. The van der Waals surface area contributed by atoms with E-state index in [1.165, 1.54) is 128 Å². The minimum Gasteiger partial charge on any atom is -0.508 e. The average Bonchev–Trinajstić information content (AvgIpc) is 3.41. The highest BCUT2D eigenvalue weighted by Crippen LogP contribution is 2.19. The number of esters is 1. The lowest BCUT2D eigenvalue weighted by atomic mass is 9.99. The number of benzene rings is 6. The standard InChI is InChI=1S/C58H62N6O14/c1-3-78-58(77)52(33-40-14-26-46(71)27-15-40)64-57(76)51(32-39-12-24-45(70)25-13-39)63-56(75)50(31-38-10-22-44(69)23-11-38)62-55(74)49(30-37-8-20-43(68)21-9-37)61-54(73)48(29-36-6-18-42(67)19-7-36)60-53(72)47(59-34(2)65)28-35-4-16-41(66)17-5-35/h4-27,47-52,66-71H,3,28-33H2,1-2H3,(H,59,65)(H,60,72)(H,61,73)(H,62,74)(H,63,75)(H,64,76)/t47-,48-,49-,50-,51-,52-/m0/s1. The molecular formula is C58H62N6O14. The number of phenols is 6. The zero-order valence-corrected chi connectivity index (χ0v) is 42.7. The molecule has 6 rings (SSSR count). The van der Waals surface area contributed by atoms with Crippen molar-refractivity contribution in [3.05, 3.63) is 179 Å². The molecule has 0 radical (unpaired) electrons. The molecule has 0 saturated heterocycles. The monoisotopic (exact) mass is 1070 g/mol. The summed E-state index contributed by atoms with van der Waals surface area (Å²) in [6.07, 6.45) is -0.935. The molecule has 0 unspecified atom stereocenters. The smallest absolute Gasteiger partial charge is 0.328 e. The highest BCUT2D eigenvalue weighted by molar-refractivity contribution is 5.97. The number of carbonyl (C=O) groups is 7. The first kappa shape index (κ1) is 57.7. The van der Waals surface area contributed by atoms with Crippen LogP contribution < -0.4 is 31.9 Å². The fraction of sp³-hybridized carbons (Fsp3) is 0.259. The van der Waals surface area contributed by atoms with Crippen LogP contribution >= 0.6 is 0 Å². The van der Waals surface area contributed by atoms with Crippen LogP contribution in [-0.4, -0.2) is 115 Å². The van der Waals surface area contributed by atoms with Gasteiger partial charge in [0, 0.05) is 45.4 Å². The van der Waals surface area contributed by atoms with Gasteiger partial charge in [0.05, 0.1) is 6.61 Å². The molecule has 0 aliphatic heterocycles. The van der Waals surface area contributed by atoms with E-state index in [9.17, 15) is 64.2 Å². The molecule has 6 aromatic rings. The molecule has 408 valence electrons. The van der Waals surface area contributed by atoms with E-state index in [0.717, 1.165) is 0 Å². The summed E-state index contributed by atoms with van der Waals surface area (Å²) in [5.41, 5.74) is 2.98. The Morgan fingerprint density at radius 2 is 0.500 bits per heavy atom. The zero-order chi connectivity index (χ0) is 56.3. The van der Waals surface area contributed by atoms with Gasteiger partial charge in [0.2, 0.25) is 35.4 Å². The molecular weight excluding hydrogens is 1000 g/mol. The molecule has 6 aromatic carbocycles. The number of hydrogen-bond acceptors (Lipinski definition) is 14. The largest absolute Gasteiger partial charge is 0.508 e. The van der Waals surface area contributed by atoms with Crippen molar-refractivity contribution in [1.82, 2.24) is 31.9 Å². The molecule has 12 N–H and O–H groups in total. The summed E-state index contributed by atoms with van der Waals surface area (Å²) >= 11 is 0. The van der Waals surface area contributed by atoms with Gasteiger partial charge in [-0.1, -0.05) is 72.8 Å². The van der Waals surface area contributed by atoms with E-state index < -0.39 is 77.7 Å². The summed E-state index contributed by atoms with van der Waals surface area (Å²) in [7, 11) is 0. The van der Waals surface area contributed by atoms with Gasteiger partial charge in [0.15, 0.2) is 0 Å². The lowest BCUT2D eigenvalue weighted by Gasteiger charge is -2.28. The van der Waals surface area contributed by atoms with Crippen molar-refractivity contribution in [3.8, 4) is 34.5 Å². The summed E-state index contributed by atoms with van der Waals surface area (Å²) in [5.74, 6) is -5.99. The Morgan fingerprint density at radius 1 is 0.321 bits per heavy atom. The molecule has 6 amide bonds. The van der Waals surface area contributed by atoms with Gasteiger partial charge in [0.25, 0.3) is 0 Å². The van der Waals surface area contributed by atoms with Crippen molar-refractivity contribution in [2.75, 3.05) is 6.61 Å². The lowest BCUT2D eigenvalue weighted by Crippen LogP contribution is -2.60. The molecule has 6 atom stereocenters. The van der Waals surface area contributed by atoms with E-state index >= 15 is 0 Å². The number of ether oxygens (including phenoxy) is 1. The van der Waals surface area contributed by atoms with Crippen LogP contribution in [0.5, 0.6) is 34.5 Å². The predicted octanol–water partition coefficient (Wildman–Crippen LogP) is 3.17. The predicted molar refractivity (Wildman–Crippen MR) is 285 cm³/mol. The van der Waals surface area contributed by atoms with Crippen LogP contribution in [0, 0.1) is 0 Å². The van der Waals surface area contributed by atoms with Gasteiger partial charge in [-0.05, 0) is 113 Å². The number of phenolic OH excluding ortho intramolecular Hbond substituents is 6. The van der Waals surface area contributed by atoms with E-state index in [0.29, 0.717) is 33.4 Å². The normalized spacial score (nSPS) is 13.2. The third kappa shape index (κ3) is 18.1. The zero-order valence-electron chi connectivity index (χ0n) is 42.7. The van der Waals surface area contributed by atoms with Crippen molar-refractivity contribution in [2.24, 2.45) is 0 Å². The Bertz CT molecular complexity index is 2990. The average molecular weight is 1070 g/mol. The molecule has 20 heteroatoms. The molecule has 20 nitrogen and oxygen atoms in total. The van der Waals surface area contributed by atoms with Crippen LogP contribution in [0.1, 0.15) is 47.2 Å². The second-order valence-electron chi connectivity index (χ2n) is 18.5. The molecule has 0 fully saturated rings. The lowest BCUT2D eigenvalue weighted by molar-refractivity contribution is -0.147. The Hall–Kier alpha value is -9.59. The minimum absolute atomic E-state index is 0.0177. The Balaban J connectivity index is 1.32. The molecule has 0 aromatic heterocycles. The quantitative estimate of drug-likeness (QED) is 0.0367. The minimum atomic E-state index is -1.51. The van der Waals surface area contributed by atoms with Crippen molar-refractivity contribution < 1.29 is 68.9 Å². The van der Waals surface area contributed by atoms with Gasteiger partial charge >= 0.3 is 5.97 Å². The van der Waals surface area contributed by atoms with Crippen LogP contribution in [-0.2, 0) is 76.8 Å². The molecule has 78 heavy (non-hydrogen) atoms. The summed E-state index contributed by atoms with van der Waals surface area (Å²) in [4.78, 5) is 98.6. The van der Waals surface area contributed by atoms with E-state index in [-0.39, 0.29) is 79.6 Å². The van der Waals surface area contributed by atoms with Crippen molar-refractivity contribution >= 4 is 41.4 Å². The maximum Gasteiger partial charge on any atom is 0.328 e. The summed E-state index contributed by atoms with van der Waals surface area (Å²) in [6, 6.07) is 26.7. The number of carbonyl (C=O) groups excluding carboxylic acids is 7.